The summed E-state index contributed by atoms with van der Waals surface area (Å²) in [5, 5.41) is 29.4. The number of fused-ring (bicyclic) bond motifs is 1. The van der Waals surface area contributed by atoms with E-state index in [4.69, 9.17) is 25.2 Å². The number of aromatic nitrogens is 4. The van der Waals surface area contributed by atoms with Crippen LogP contribution in [0.15, 0.2) is 38.4 Å². The van der Waals surface area contributed by atoms with Crippen LogP contribution in [0.25, 0.3) is 0 Å². The number of thioether (sulfide) groups is 2. The maximum atomic E-state index is 13.3. The largest absolute Gasteiger partial charge is 0.481 e. The minimum absolute atomic E-state index is 0.00564. The summed E-state index contributed by atoms with van der Waals surface area (Å²) in [6.45, 7) is 12.6. The number of hydrogen-bond acceptors (Lipinski definition) is 19. The van der Waals surface area contributed by atoms with E-state index in [1.807, 2.05) is 0 Å². The van der Waals surface area contributed by atoms with Crippen molar-refractivity contribution in [3.8, 4) is 0 Å². The van der Waals surface area contributed by atoms with Gasteiger partial charge in [-0.3, -0.25) is 24.1 Å². The van der Waals surface area contributed by atoms with Crippen molar-refractivity contribution in [3.05, 3.63) is 39.7 Å². The van der Waals surface area contributed by atoms with Crippen LogP contribution in [0.2, 0.25) is 0 Å². The zero-order valence-corrected chi connectivity index (χ0v) is 33.9. The highest BCUT2D eigenvalue weighted by molar-refractivity contribution is 8.04. The van der Waals surface area contributed by atoms with Crippen LogP contribution in [0, 0.1) is 10.8 Å². The van der Waals surface area contributed by atoms with Crippen LogP contribution in [-0.2, 0) is 54.4 Å². The number of aliphatic carboxylic acids is 2. The minimum Gasteiger partial charge on any atom is -0.481 e. The third-order valence-electron chi connectivity index (χ3n) is 7.11. The Bertz CT molecular complexity index is 1980. The van der Waals surface area contributed by atoms with Crippen molar-refractivity contribution in [2.45, 2.75) is 64.7 Å². The Morgan fingerprint density at radius 1 is 1.05 bits per heavy atom. The van der Waals surface area contributed by atoms with Crippen molar-refractivity contribution in [1.82, 2.24) is 30.0 Å². The Balaban J connectivity index is 0.00000109. The van der Waals surface area contributed by atoms with Crippen molar-refractivity contribution in [1.29, 1.82) is 0 Å². The number of anilines is 1. The van der Waals surface area contributed by atoms with Gasteiger partial charge in [0, 0.05) is 21.6 Å². The summed E-state index contributed by atoms with van der Waals surface area (Å²) in [6.07, 6.45) is 0. The van der Waals surface area contributed by atoms with Gasteiger partial charge in [-0.25, -0.2) is 24.0 Å². The van der Waals surface area contributed by atoms with Crippen molar-refractivity contribution in [3.63, 3.8) is 0 Å². The number of esters is 3. The number of carboxylic acids is 2. The number of rotatable bonds is 13. The van der Waals surface area contributed by atoms with Gasteiger partial charge in [0.2, 0.25) is 6.79 Å². The van der Waals surface area contributed by atoms with Gasteiger partial charge in [-0.1, -0.05) is 35.3 Å². The van der Waals surface area contributed by atoms with E-state index in [-0.39, 0.29) is 43.6 Å². The van der Waals surface area contributed by atoms with E-state index in [2.05, 4.69) is 36.9 Å². The summed E-state index contributed by atoms with van der Waals surface area (Å²) >= 11 is 3.00. The van der Waals surface area contributed by atoms with E-state index in [9.17, 15) is 38.7 Å². The number of carbonyl (C=O) groups excluding carboxylic acids is 5. The van der Waals surface area contributed by atoms with E-state index in [1.165, 1.54) is 12.5 Å². The number of nitrogens with one attached hydrogen (secondary N) is 1. The molecular weight excluding hydrogens is 801 g/mol. The molecule has 5 N–H and O–H groups in total. The average Bonchev–Trinajstić information content (AvgIpc) is 3.72. The maximum Gasteiger partial charge on any atom is 0.377 e. The first kappa shape index (κ1) is 44.9. The average molecular weight is 841 g/mol. The fourth-order valence-electron chi connectivity index (χ4n) is 4.12. The summed E-state index contributed by atoms with van der Waals surface area (Å²) in [6, 6.07) is -1.14. The van der Waals surface area contributed by atoms with Crippen LogP contribution >= 0.6 is 34.9 Å². The molecule has 21 nitrogen and oxygen atoms in total. The van der Waals surface area contributed by atoms with Crippen molar-refractivity contribution < 1.29 is 62.8 Å². The molecule has 0 radical (unpaired) electrons. The molecule has 4 heterocycles. The molecule has 0 saturated carbocycles. The third-order valence-corrected chi connectivity index (χ3v) is 10.0. The summed E-state index contributed by atoms with van der Waals surface area (Å²) in [5.74, 6) is -6.63. The Kier molecular flexibility index (Phi) is 14.8. The summed E-state index contributed by atoms with van der Waals surface area (Å²) in [7, 11) is 2.33. The van der Waals surface area contributed by atoms with Gasteiger partial charge in [-0.05, 0) is 41.5 Å². The molecule has 24 heteroatoms. The predicted molar refractivity (Wildman–Crippen MR) is 200 cm³/mol. The molecule has 2 atom stereocenters. The van der Waals surface area contributed by atoms with Crippen LogP contribution in [0.5, 0.6) is 0 Å². The van der Waals surface area contributed by atoms with Gasteiger partial charge in [-0.2, -0.15) is 4.98 Å². The highest BCUT2D eigenvalue weighted by Crippen LogP contribution is 2.47. The van der Waals surface area contributed by atoms with Gasteiger partial charge in [0.25, 0.3) is 17.6 Å². The number of allylic oxidation sites excluding steroid dienone is 1. The second kappa shape index (κ2) is 18.4. The Morgan fingerprint density at radius 3 is 2.21 bits per heavy atom. The fourth-order valence-corrected chi connectivity index (χ4v) is 6.98. The van der Waals surface area contributed by atoms with Crippen LogP contribution in [0.1, 0.15) is 57.9 Å². The molecule has 0 bridgehead atoms. The second-order valence-corrected chi connectivity index (χ2v) is 16.5. The van der Waals surface area contributed by atoms with Crippen LogP contribution < -0.4 is 11.1 Å². The van der Waals surface area contributed by atoms with E-state index in [0.717, 1.165) is 51.6 Å². The van der Waals surface area contributed by atoms with Gasteiger partial charge < -0.3 is 40.3 Å². The molecule has 4 rings (SSSR count). The molecule has 0 aromatic carbocycles. The number of carbonyl (C=O) groups is 7. The lowest BCUT2D eigenvalue weighted by Gasteiger charge is -2.49. The molecule has 1 saturated heterocycles. The molecule has 0 spiro atoms. The fraction of sp³-hybridized carbons (Fsp3) is 0.469. The van der Waals surface area contributed by atoms with Crippen LogP contribution in [-0.4, -0.2) is 120 Å². The second-order valence-electron chi connectivity index (χ2n) is 13.4. The Labute approximate surface area is 332 Å². The number of nitrogens with zero attached hydrogens (tertiary/aromatic N) is 6. The Morgan fingerprint density at radius 2 is 1.70 bits per heavy atom. The van der Waals surface area contributed by atoms with Gasteiger partial charge in [0.05, 0.1) is 17.9 Å². The quantitative estimate of drug-likeness (QED) is 0.0557. The van der Waals surface area contributed by atoms with Gasteiger partial charge in [0.15, 0.2) is 16.0 Å². The summed E-state index contributed by atoms with van der Waals surface area (Å²) < 4.78 is 15.6. The van der Waals surface area contributed by atoms with E-state index < -0.39 is 83.1 Å². The van der Waals surface area contributed by atoms with E-state index in [0.29, 0.717) is 0 Å². The number of nitrogens with two attached hydrogens (primary N) is 1. The zero-order valence-electron chi connectivity index (χ0n) is 31.4. The lowest BCUT2D eigenvalue weighted by atomic mass is 9.98. The summed E-state index contributed by atoms with van der Waals surface area (Å²) in [4.78, 5) is 99.6. The minimum atomic E-state index is -1.44. The topological polar surface area (TPSA) is 294 Å². The molecule has 304 valence electrons. The highest BCUT2D eigenvalue weighted by Gasteiger charge is 2.55. The van der Waals surface area contributed by atoms with Gasteiger partial charge in [0.1, 0.15) is 36.5 Å². The molecule has 2 aliphatic heterocycles. The lowest BCUT2D eigenvalue weighted by molar-refractivity contribution is -0.173. The molecular formula is C32H40N8O13S3. The normalized spacial score (nSPS) is 16.8. The molecule has 1 fully saturated rings. The molecule has 2 amide bonds. The Hall–Kier alpha value is -5.49. The van der Waals surface area contributed by atoms with Gasteiger partial charge >= 0.3 is 29.8 Å². The number of amides is 2. The molecule has 0 aliphatic carbocycles. The monoisotopic (exact) mass is 840 g/mol. The molecule has 2 aromatic heterocycles. The standard InChI is InChI=1S/C27H30N8O11S3.C5H10O2/c1-11-12(8-48-26-31-18(23(41)43-5)32-34(26)7-14(36)45-10-46-24(42)27(2,3)4)17(22(39)40)35-20(38)16(21(35)49-11)30-19(37)15(33-44-6)13-9-47-25(28)29-13;1-5(2,3)4(6)7/h9,16,21H,1,7-8,10H2,2-6H3,(H2,28,29)(H,30,37)(H,39,40);1-3H3,(H,6,7)/t16-,21-;/m1./s1. The smallest absolute Gasteiger partial charge is 0.377 e. The number of carboxylic acid groups (broad SMARTS) is 2. The predicted octanol–water partition coefficient (Wildman–Crippen LogP) is 1.71. The van der Waals surface area contributed by atoms with E-state index >= 15 is 0 Å². The SMILES string of the molecule is C=C1S[C@@H]2[C@H](NC(=O)C(=NOC)c3csc(N)n3)C(=O)N2C(C(=O)O)=C1CSc1nc(C(=O)OC)nn1CC(=O)OCOC(=O)C(C)(C)C.CC(C)(C)C(=O)O. The zero-order chi connectivity index (χ0) is 42.3. The number of β-lactam (4-membered cyclic amide) rings is 1. The van der Waals surface area contributed by atoms with Crippen molar-refractivity contribution in [2.24, 2.45) is 16.0 Å². The van der Waals surface area contributed by atoms with Crippen molar-refractivity contribution in [2.75, 3.05) is 32.5 Å². The molecule has 0 unspecified atom stereocenters. The number of thiazole rings is 1. The molecule has 2 aliphatic rings. The maximum absolute atomic E-state index is 13.3. The molecule has 56 heavy (non-hydrogen) atoms. The first-order chi connectivity index (χ1) is 26.0. The highest BCUT2D eigenvalue weighted by atomic mass is 32.2. The number of ether oxygens (including phenoxy) is 3. The summed E-state index contributed by atoms with van der Waals surface area (Å²) in [5.41, 5.74) is 3.90. The van der Waals surface area contributed by atoms with Crippen LogP contribution in [0.3, 0.4) is 0 Å². The molecule has 2 aromatic rings. The van der Waals surface area contributed by atoms with E-state index in [1.54, 1.807) is 41.5 Å². The number of nitrogen functional groups attached to an aromatic ring is 1. The first-order valence-electron chi connectivity index (χ1n) is 16.0. The van der Waals surface area contributed by atoms with Gasteiger partial charge in [-0.15, -0.1) is 16.4 Å². The number of methoxy groups -OCH3 is 1. The van der Waals surface area contributed by atoms with Crippen molar-refractivity contribution >= 4 is 87.4 Å². The number of hydrogen-bond donors (Lipinski definition) is 4. The van der Waals surface area contributed by atoms with Crippen LogP contribution in [0.4, 0.5) is 5.13 Å². The number of oxime groups is 1. The third kappa shape index (κ3) is 11.1. The first-order valence-corrected chi connectivity index (χ1v) is 18.8. The lowest BCUT2D eigenvalue weighted by Crippen LogP contribution is -2.70.